The maximum absolute atomic E-state index is 9.99. The van der Waals surface area contributed by atoms with Gasteiger partial charge in [-0.1, -0.05) is 24.3 Å². The third kappa shape index (κ3) is 3.26. The van der Waals surface area contributed by atoms with Crippen LogP contribution in [0.15, 0.2) is 42.5 Å². The smallest absolute Gasteiger partial charge is 0.119 e. The standard InChI is InChI=1S/C16H18O3/c17-11-2-1-4-15-14(5-3-6-16(15)19)12-7-9-13(18)10-8-12/h3,5-10,17-19H,1-2,4,11H2. The predicted octanol–water partition coefficient (Wildman–Crippen LogP) is 3.08. The van der Waals surface area contributed by atoms with E-state index < -0.39 is 0 Å². The number of aromatic hydroxyl groups is 2. The first-order chi connectivity index (χ1) is 9.22. The second kappa shape index (κ2) is 6.25. The maximum Gasteiger partial charge on any atom is 0.119 e. The Morgan fingerprint density at radius 3 is 2.26 bits per heavy atom. The fraction of sp³-hybridized carbons (Fsp3) is 0.250. The molecule has 19 heavy (non-hydrogen) atoms. The minimum Gasteiger partial charge on any atom is -0.508 e. The van der Waals surface area contributed by atoms with Crippen LogP contribution in [0, 0.1) is 0 Å². The molecule has 3 heteroatoms. The summed E-state index contributed by atoms with van der Waals surface area (Å²) in [6, 6.07) is 12.4. The molecule has 3 N–H and O–H groups in total. The highest BCUT2D eigenvalue weighted by molar-refractivity contribution is 5.70. The lowest BCUT2D eigenvalue weighted by molar-refractivity contribution is 0.284. The first-order valence-electron chi connectivity index (χ1n) is 6.43. The van der Waals surface area contributed by atoms with Gasteiger partial charge in [-0.05, 0) is 48.6 Å². The van der Waals surface area contributed by atoms with Gasteiger partial charge in [-0.2, -0.15) is 0 Å². The molecule has 0 saturated heterocycles. The Bertz CT molecular complexity index is 532. The van der Waals surface area contributed by atoms with Gasteiger partial charge in [-0.25, -0.2) is 0 Å². The maximum atomic E-state index is 9.99. The molecule has 0 fully saturated rings. The van der Waals surface area contributed by atoms with Crippen LogP contribution in [0.1, 0.15) is 18.4 Å². The van der Waals surface area contributed by atoms with Gasteiger partial charge >= 0.3 is 0 Å². The lowest BCUT2D eigenvalue weighted by atomic mass is 9.95. The molecule has 3 nitrogen and oxygen atoms in total. The Morgan fingerprint density at radius 2 is 1.58 bits per heavy atom. The minimum absolute atomic E-state index is 0.169. The van der Waals surface area contributed by atoms with Crippen LogP contribution in [-0.4, -0.2) is 21.9 Å². The molecule has 0 amide bonds. The molecule has 0 aliphatic carbocycles. The molecule has 2 rings (SSSR count). The number of aliphatic hydroxyl groups excluding tert-OH is 1. The predicted molar refractivity (Wildman–Crippen MR) is 75.2 cm³/mol. The van der Waals surface area contributed by atoms with Crippen molar-refractivity contribution in [3.63, 3.8) is 0 Å². The molecule has 0 saturated carbocycles. The van der Waals surface area contributed by atoms with Crippen molar-refractivity contribution in [2.24, 2.45) is 0 Å². The van der Waals surface area contributed by atoms with E-state index in [1.807, 2.05) is 24.3 Å². The zero-order valence-corrected chi connectivity index (χ0v) is 10.7. The summed E-state index contributed by atoms with van der Waals surface area (Å²) in [5.74, 6) is 0.509. The largest absolute Gasteiger partial charge is 0.508 e. The summed E-state index contributed by atoms with van der Waals surface area (Å²) in [5, 5.41) is 28.2. The first-order valence-corrected chi connectivity index (χ1v) is 6.43. The van der Waals surface area contributed by atoms with E-state index in [4.69, 9.17) is 5.11 Å². The van der Waals surface area contributed by atoms with Crippen molar-refractivity contribution in [2.75, 3.05) is 6.61 Å². The third-order valence-electron chi connectivity index (χ3n) is 3.16. The quantitative estimate of drug-likeness (QED) is 0.722. The molecule has 0 bridgehead atoms. The number of benzene rings is 2. The highest BCUT2D eigenvalue weighted by Gasteiger charge is 2.09. The van der Waals surface area contributed by atoms with E-state index in [0.29, 0.717) is 0 Å². The Balaban J connectivity index is 2.33. The summed E-state index contributed by atoms with van der Waals surface area (Å²) in [7, 11) is 0. The van der Waals surface area contributed by atoms with E-state index in [1.165, 1.54) is 0 Å². The molecule has 100 valence electrons. The summed E-state index contributed by atoms with van der Waals surface area (Å²) < 4.78 is 0. The van der Waals surface area contributed by atoms with E-state index in [0.717, 1.165) is 36.0 Å². The lowest BCUT2D eigenvalue weighted by Crippen LogP contribution is -1.93. The molecular weight excluding hydrogens is 240 g/mol. The van der Waals surface area contributed by atoms with Gasteiger partial charge in [0.25, 0.3) is 0 Å². The number of phenols is 2. The average Bonchev–Trinajstić information content (AvgIpc) is 2.42. The Hall–Kier alpha value is -2.00. The van der Waals surface area contributed by atoms with Gasteiger partial charge in [0.1, 0.15) is 11.5 Å². The van der Waals surface area contributed by atoms with Crippen molar-refractivity contribution in [3.8, 4) is 22.6 Å². The fourth-order valence-electron chi connectivity index (χ4n) is 2.16. The second-order valence-corrected chi connectivity index (χ2v) is 4.53. The van der Waals surface area contributed by atoms with Crippen LogP contribution in [0.5, 0.6) is 11.5 Å². The third-order valence-corrected chi connectivity index (χ3v) is 3.16. The summed E-state index contributed by atoms with van der Waals surface area (Å²) in [4.78, 5) is 0. The van der Waals surface area contributed by atoms with Crippen LogP contribution in [0.2, 0.25) is 0 Å². The van der Waals surface area contributed by atoms with Crippen LogP contribution in [-0.2, 0) is 6.42 Å². The van der Waals surface area contributed by atoms with Crippen molar-refractivity contribution in [2.45, 2.75) is 19.3 Å². The number of rotatable bonds is 5. The van der Waals surface area contributed by atoms with Crippen molar-refractivity contribution < 1.29 is 15.3 Å². The Kier molecular flexibility index (Phi) is 4.42. The van der Waals surface area contributed by atoms with Crippen molar-refractivity contribution in [3.05, 3.63) is 48.0 Å². The number of hydrogen-bond donors (Lipinski definition) is 3. The molecule has 0 radical (unpaired) electrons. The van der Waals surface area contributed by atoms with Crippen LogP contribution in [0.3, 0.4) is 0 Å². The number of aliphatic hydroxyl groups is 1. The van der Waals surface area contributed by atoms with E-state index in [9.17, 15) is 10.2 Å². The van der Waals surface area contributed by atoms with Crippen LogP contribution in [0.25, 0.3) is 11.1 Å². The van der Waals surface area contributed by atoms with Gasteiger partial charge in [-0.3, -0.25) is 0 Å². The summed E-state index contributed by atoms with van der Waals surface area (Å²) in [6.45, 7) is 0.169. The van der Waals surface area contributed by atoms with E-state index >= 15 is 0 Å². The number of phenolic OH excluding ortho intramolecular Hbond substituents is 2. The van der Waals surface area contributed by atoms with Gasteiger partial charge in [0.05, 0.1) is 0 Å². The van der Waals surface area contributed by atoms with Gasteiger partial charge in [0, 0.05) is 12.2 Å². The van der Waals surface area contributed by atoms with E-state index in [-0.39, 0.29) is 18.1 Å². The molecule has 0 aliphatic heterocycles. The molecule has 0 heterocycles. The van der Waals surface area contributed by atoms with Crippen LogP contribution < -0.4 is 0 Å². The normalized spacial score (nSPS) is 10.6. The first kappa shape index (κ1) is 13.4. The van der Waals surface area contributed by atoms with Crippen LogP contribution in [0.4, 0.5) is 0 Å². The molecule has 0 aliphatic rings. The second-order valence-electron chi connectivity index (χ2n) is 4.53. The minimum atomic E-state index is 0.169. The zero-order valence-electron chi connectivity index (χ0n) is 10.7. The summed E-state index contributed by atoms with van der Waals surface area (Å²) in [6.07, 6.45) is 2.28. The van der Waals surface area contributed by atoms with Crippen molar-refractivity contribution in [1.82, 2.24) is 0 Å². The highest BCUT2D eigenvalue weighted by atomic mass is 16.3. The Morgan fingerprint density at radius 1 is 0.842 bits per heavy atom. The molecule has 0 unspecified atom stereocenters. The molecule has 2 aromatic carbocycles. The lowest BCUT2D eigenvalue weighted by Gasteiger charge is -2.11. The Labute approximate surface area is 112 Å². The van der Waals surface area contributed by atoms with Crippen molar-refractivity contribution in [1.29, 1.82) is 0 Å². The van der Waals surface area contributed by atoms with E-state index in [1.54, 1.807) is 18.2 Å². The molecule has 0 spiro atoms. The number of hydrogen-bond acceptors (Lipinski definition) is 3. The van der Waals surface area contributed by atoms with Crippen LogP contribution >= 0.6 is 0 Å². The number of unbranched alkanes of at least 4 members (excludes halogenated alkanes) is 1. The summed E-state index contributed by atoms with van der Waals surface area (Å²) in [5.41, 5.74) is 2.83. The SMILES string of the molecule is OCCCCc1c(O)cccc1-c1ccc(O)cc1. The zero-order chi connectivity index (χ0) is 13.7. The monoisotopic (exact) mass is 258 g/mol. The van der Waals surface area contributed by atoms with Gasteiger partial charge in [0.15, 0.2) is 0 Å². The van der Waals surface area contributed by atoms with Crippen molar-refractivity contribution >= 4 is 0 Å². The highest BCUT2D eigenvalue weighted by Crippen LogP contribution is 2.32. The molecule has 0 atom stereocenters. The van der Waals surface area contributed by atoms with Gasteiger partial charge in [0.2, 0.25) is 0 Å². The fourth-order valence-corrected chi connectivity index (χ4v) is 2.16. The van der Waals surface area contributed by atoms with E-state index in [2.05, 4.69) is 0 Å². The molecular formula is C16H18O3. The molecule has 2 aromatic rings. The van der Waals surface area contributed by atoms with Gasteiger partial charge in [-0.15, -0.1) is 0 Å². The topological polar surface area (TPSA) is 60.7 Å². The summed E-state index contributed by atoms with van der Waals surface area (Å²) >= 11 is 0. The average molecular weight is 258 g/mol. The van der Waals surface area contributed by atoms with Gasteiger partial charge < -0.3 is 15.3 Å². The molecule has 0 aromatic heterocycles.